The Morgan fingerprint density at radius 1 is 0.367 bits per heavy atom. The molecule has 0 saturated heterocycles. The third-order valence-electron chi connectivity index (χ3n) is 3.43. The van der Waals surface area contributed by atoms with Crippen LogP contribution < -0.4 is 0 Å². The minimum absolute atomic E-state index is 0.108. The van der Waals surface area contributed by atoms with Gasteiger partial charge < -0.3 is 0 Å². The summed E-state index contributed by atoms with van der Waals surface area (Å²) in [5, 5.41) is 5.92. The molecule has 0 radical (unpaired) electrons. The summed E-state index contributed by atoms with van der Waals surface area (Å²) in [5.74, 6) is 0. The molecule has 0 spiro atoms. The standard InChI is InChI=1S/C16H6F12N2/c17-13(18,19)7-1-8(14(20,21)22)4-11(3-7)29-30-12-5-9(15(23,24)25)2-10(6-12)16(26,27)28/h1-6H. The van der Waals surface area contributed by atoms with Gasteiger partial charge in [0.25, 0.3) is 0 Å². The van der Waals surface area contributed by atoms with Crippen molar-refractivity contribution in [1.29, 1.82) is 0 Å². The van der Waals surface area contributed by atoms with E-state index in [4.69, 9.17) is 0 Å². The Kier molecular flexibility index (Phi) is 5.84. The van der Waals surface area contributed by atoms with Crippen molar-refractivity contribution < 1.29 is 52.7 Å². The predicted octanol–water partition coefficient (Wildman–Crippen LogP) is 8.18. The topological polar surface area (TPSA) is 24.7 Å². The lowest BCUT2D eigenvalue weighted by atomic mass is 10.1. The van der Waals surface area contributed by atoms with Crippen LogP contribution in [0.5, 0.6) is 0 Å². The molecule has 2 aromatic carbocycles. The van der Waals surface area contributed by atoms with Crippen LogP contribution in [0.15, 0.2) is 46.6 Å². The predicted molar refractivity (Wildman–Crippen MR) is 77.1 cm³/mol. The molecule has 0 aliphatic heterocycles. The second-order valence-electron chi connectivity index (χ2n) is 5.73. The Balaban J connectivity index is 2.58. The number of alkyl halides is 12. The van der Waals surface area contributed by atoms with Gasteiger partial charge in [-0.2, -0.15) is 62.9 Å². The van der Waals surface area contributed by atoms with E-state index in [1.807, 2.05) is 0 Å². The van der Waals surface area contributed by atoms with Gasteiger partial charge in [0.05, 0.1) is 33.6 Å². The Bertz CT molecular complexity index is 807. The van der Waals surface area contributed by atoms with Gasteiger partial charge in [-0.1, -0.05) is 0 Å². The number of hydrogen-bond acceptors (Lipinski definition) is 2. The molecule has 2 aromatic rings. The van der Waals surface area contributed by atoms with Gasteiger partial charge in [-0.3, -0.25) is 0 Å². The zero-order valence-corrected chi connectivity index (χ0v) is 13.9. The van der Waals surface area contributed by atoms with E-state index in [0.29, 0.717) is 0 Å². The number of halogens is 12. The van der Waals surface area contributed by atoms with E-state index >= 15 is 0 Å². The van der Waals surface area contributed by atoms with Gasteiger partial charge in [-0.25, -0.2) is 0 Å². The molecule has 0 fully saturated rings. The highest BCUT2D eigenvalue weighted by Gasteiger charge is 2.38. The maximum Gasteiger partial charge on any atom is 0.416 e. The summed E-state index contributed by atoms with van der Waals surface area (Å²) in [7, 11) is 0. The molecule has 0 amide bonds. The highest BCUT2D eigenvalue weighted by molar-refractivity contribution is 5.49. The maximum atomic E-state index is 12.8. The van der Waals surface area contributed by atoms with Crippen molar-refractivity contribution in [1.82, 2.24) is 0 Å². The maximum absolute atomic E-state index is 12.8. The zero-order valence-electron chi connectivity index (χ0n) is 13.9. The van der Waals surface area contributed by atoms with E-state index in [2.05, 4.69) is 10.2 Å². The summed E-state index contributed by atoms with van der Waals surface area (Å²) < 4.78 is 153. The van der Waals surface area contributed by atoms with Gasteiger partial charge >= 0.3 is 24.7 Å². The first-order chi connectivity index (χ1) is 13.4. The summed E-state index contributed by atoms with van der Waals surface area (Å²) in [5.41, 5.74) is -9.30. The van der Waals surface area contributed by atoms with Crippen LogP contribution in [-0.4, -0.2) is 0 Å². The van der Waals surface area contributed by atoms with Crippen molar-refractivity contribution in [2.24, 2.45) is 10.2 Å². The van der Waals surface area contributed by atoms with Crippen LogP contribution in [0.1, 0.15) is 22.3 Å². The van der Waals surface area contributed by atoms with Crippen molar-refractivity contribution in [3.05, 3.63) is 58.7 Å². The molecule has 30 heavy (non-hydrogen) atoms. The molecular weight excluding hydrogens is 448 g/mol. The first-order valence-electron chi connectivity index (χ1n) is 7.38. The van der Waals surface area contributed by atoms with E-state index < -0.39 is 58.3 Å². The lowest BCUT2D eigenvalue weighted by Gasteiger charge is -2.13. The number of nitrogens with zero attached hydrogens (tertiary/aromatic N) is 2. The third kappa shape index (κ3) is 5.86. The summed E-state index contributed by atoms with van der Waals surface area (Å²) >= 11 is 0. The van der Waals surface area contributed by atoms with Crippen LogP contribution in [-0.2, 0) is 24.7 Å². The molecule has 14 heteroatoms. The molecule has 2 rings (SSSR count). The average molecular weight is 454 g/mol. The minimum atomic E-state index is -5.23. The van der Waals surface area contributed by atoms with E-state index in [1.165, 1.54) is 0 Å². The van der Waals surface area contributed by atoms with Gasteiger partial charge in [0.15, 0.2) is 0 Å². The van der Waals surface area contributed by atoms with E-state index in [-0.39, 0.29) is 36.4 Å². The van der Waals surface area contributed by atoms with Crippen molar-refractivity contribution in [2.75, 3.05) is 0 Å². The molecule has 0 atom stereocenters. The molecule has 0 unspecified atom stereocenters. The minimum Gasteiger partial charge on any atom is -0.166 e. The Hall–Kier alpha value is -2.80. The van der Waals surface area contributed by atoms with Gasteiger partial charge in [0.2, 0.25) is 0 Å². The van der Waals surface area contributed by atoms with Gasteiger partial charge in [-0.05, 0) is 36.4 Å². The number of hydrogen-bond donors (Lipinski definition) is 0. The van der Waals surface area contributed by atoms with Gasteiger partial charge in [0.1, 0.15) is 0 Å². The average Bonchev–Trinajstić information content (AvgIpc) is 2.56. The largest absolute Gasteiger partial charge is 0.416 e. The summed E-state index contributed by atoms with van der Waals surface area (Å²) in [6.07, 6.45) is -20.9. The van der Waals surface area contributed by atoms with Crippen molar-refractivity contribution in [3.63, 3.8) is 0 Å². The summed E-state index contributed by atoms with van der Waals surface area (Å²) in [6.45, 7) is 0. The van der Waals surface area contributed by atoms with Gasteiger partial charge in [0, 0.05) is 0 Å². The number of rotatable bonds is 2. The lowest BCUT2D eigenvalue weighted by molar-refractivity contribution is -0.144. The van der Waals surface area contributed by atoms with E-state index in [0.717, 1.165) is 0 Å². The third-order valence-corrected chi connectivity index (χ3v) is 3.43. The SMILES string of the molecule is FC(F)(F)c1cc(N=Nc2cc(C(F)(F)F)cc(C(F)(F)F)c2)cc(C(F)(F)F)c1. The van der Waals surface area contributed by atoms with Crippen molar-refractivity contribution in [2.45, 2.75) is 24.7 Å². The van der Waals surface area contributed by atoms with Crippen LogP contribution >= 0.6 is 0 Å². The fourth-order valence-electron chi connectivity index (χ4n) is 2.11. The zero-order chi connectivity index (χ0) is 23.1. The first kappa shape index (κ1) is 23.5. The number of azo groups is 1. The molecule has 0 aliphatic rings. The van der Waals surface area contributed by atoms with Crippen LogP contribution in [0.25, 0.3) is 0 Å². The molecule has 0 saturated carbocycles. The Morgan fingerprint density at radius 2 is 0.567 bits per heavy atom. The fourth-order valence-corrected chi connectivity index (χ4v) is 2.11. The Morgan fingerprint density at radius 3 is 0.733 bits per heavy atom. The van der Waals surface area contributed by atoms with Crippen LogP contribution in [0.3, 0.4) is 0 Å². The Labute approximate surface area is 158 Å². The second-order valence-corrected chi connectivity index (χ2v) is 5.73. The quantitative estimate of drug-likeness (QED) is 0.323. The summed E-state index contributed by atoms with van der Waals surface area (Å²) in [6, 6.07) is -0.0296. The van der Waals surface area contributed by atoms with E-state index in [9.17, 15) is 52.7 Å². The molecular formula is C16H6F12N2. The fraction of sp³-hybridized carbons (Fsp3) is 0.250. The lowest BCUT2D eigenvalue weighted by Crippen LogP contribution is -2.10. The second kappa shape index (κ2) is 7.47. The smallest absolute Gasteiger partial charge is 0.166 e. The monoisotopic (exact) mass is 454 g/mol. The molecule has 0 bridgehead atoms. The van der Waals surface area contributed by atoms with Crippen LogP contribution in [0.2, 0.25) is 0 Å². The molecule has 0 aromatic heterocycles. The first-order valence-corrected chi connectivity index (χ1v) is 7.38. The number of benzene rings is 2. The summed E-state index contributed by atoms with van der Waals surface area (Å²) in [4.78, 5) is 0. The van der Waals surface area contributed by atoms with E-state index in [1.54, 1.807) is 0 Å². The van der Waals surface area contributed by atoms with Gasteiger partial charge in [-0.15, -0.1) is 0 Å². The molecule has 0 N–H and O–H groups in total. The van der Waals surface area contributed by atoms with Crippen LogP contribution in [0.4, 0.5) is 64.1 Å². The normalized spacial score (nSPS) is 13.9. The highest BCUT2D eigenvalue weighted by atomic mass is 19.4. The highest BCUT2D eigenvalue weighted by Crippen LogP contribution is 2.40. The van der Waals surface area contributed by atoms with Crippen molar-refractivity contribution in [3.8, 4) is 0 Å². The molecule has 2 nitrogen and oxygen atoms in total. The van der Waals surface area contributed by atoms with Crippen molar-refractivity contribution >= 4 is 11.4 Å². The van der Waals surface area contributed by atoms with Crippen LogP contribution in [0, 0.1) is 0 Å². The molecule has 0 heterocycles. The molecule has 0 aliphatic carbocycles. The molecule has 164 valence electrons.